The highest BCUT2D eigenvalue weighted by Gasteiger charge is 2.19. The van der Waals surface area contributed by atoms with E-state index in [2.05, 4.69) is 0 Å². The van der Waals surface area contributed by atoms with Crippen LogP contribution in [0.2, 0.25) is 0 Å². The predicted octanol–water partition coefficient (Wildman–Crippen LogP) is 3.21. The van der Waals surface area contributed by atoms with Crippen molar-refractivity contribution in [3.8, 4) is 0 Å². The summed E-state index contributed by atoms with van der Waals surface area (Å²) in [5.41, 5.74) is 2.51. The molecule has 1 saturated heterocycles. The number of rotatable bonds is 5. The SMILES string of the molecule is O=C(Cc1ccccc1)OCc1ccc(C(=O)N2CCCC2)cc1. The molecule has 0 atom stereocenters. The zero-order valence-electron chi connectivity index (χ0n) is 13.6. The quantitative estimate of drug-likeness (QED) is 0.794. The highest BCUT2D eigenvalue weighted by molar-refractivity contribution is 5.94. The molecule has 124 valence electrons. The molecular formula is C20H21NO3. The molecule has 2 aromatic carbocycles. The van der Waals surface area contributed by atoms with Crippen LogP contribution in [0.4, 0.5) is 0 Å². The van der Waals surface area contributed by atoms with Crippen molar-refractivity contribution in [2.24, 2.45) is 0 Å². The first-order chi connectivity index (χ1) is 11.7. The van der Waals surface area contributed by atoms with Gasteiger partial charge in [-0.2, -0.15) is 0 Å². The van der Waals surface area contributed by atoms with E-state index in [1.54, 1.807) is 12.1 Å². The third kappa shape index (κ3) is 4.22. The summed E-state index contributed by atoms with van der Waals surface area (Å²) in [5, 5.41) is 0. The number of likely N-dealkylation sites (tertiary alicyclic amines) is 1. The average molecular weight is 323 g/mol. The molecule has 0 saturated carbocycles. The fraction of sp³-hybridized carbons (Fsp3) is 0.300. The van der Waals surface area contributed by atoms with Gasteiger partial charge in [-0.1, -0.05) is 42.5 Å². The van der Waals surface area contributed by atoms with Crippen molar-refractivity contribution in [1.82, 2.24) is 4.90 Å². The normalized spacial score (nSPS) is 13.8. The second kappa shape index (κ2) is 7.77. The smallest absolute Gasteiger partial charge is 0.310 e. The van der Waals surface area contributed by atoms with Crippen molar-refractivity contribution >= 4 is 11.9 Å². The van der Waals surface area contributed by atoms with E-state index in [1.807, 2.05) is 47.4 Å². The average Bonchev–Trinajstić information content (AvgIpc) is 3.15. The van der Waals surface area contributed by atoms with Gasteiger partial charge >= 0.3 is 5.97 Å². The molecule has 1 amide bonds. The van der Waals surface area contributed by atoms with E-state index >= 15 is 0 Å². The van der Waals surface area contributed by atoms with Gasteiger partial charge < -0.3 is 9.64 Å². The van der Waals surface area contributed by atoms with Gasteiger partial charge in [0.2, 0.25) is 0 Å². The number of amides is 1. The number of hydrogen-bond donors (Lipinski definition) is 0. The molecule has 24 heavy (non-hydrogen) atoms. The van der Waals surface area contributed by atoms with E-state index in [0.29, 0.717) is 5.56 Å². The van der Waals surface area contributed by atoms with E-state index in [9.17, 15) is 9.59 Å². The van der Waals surface area contributed by atoms with Crippen LogP contribution in [-0.4, -0.2) is 29.9 Å². The van der Waals surface area contributed by atoms with E-state index < -0.39 is 0 Å². The molecule has 0 radical (unpaired) electrons. The molecule has 0 unspecified atom stereocenters. The van der Waals surface area contributed by atoms with Crippen molar-refractivity contribution in [3.63, 3.8) is 0 Å². The van der Waals surface area contributed by atoms with E-state index in [1.165, 1.54) is 0 Å². The maximum Gasteiger partial charge on any atom is 0.310 e. The molecule has 0 N–H and O–H groups in total. The van der Waals surface area contributed by atoms with Gasteiger partial charge in [0.25, 0.3) is 5.91 Å². The monoisotopic (exact) mass is 323 g/mol. The Morgan fingerprint density at radius 1 is 0.875 bits per heavy atom. The standard InChI is InChI=1S/C20H21NO3/c22-19(14-16-6-2-1-3-7-16)24-15-17-8-10-18(11-9-17)20(23)21-12-4-5-13-21/h1-3,6-11H,4-5,12-15H2. The van der Waals surface area contributed by atoms with Crippen LogP contribution < -0.4 is 0 Å². The Labute approximate surface area is 142 Å². The minimum Gasteiger partial charge on any atom is -0.461 e. The summed E-state index contributed by atoms with van der Waals surface area (Å²) in [7, 11) is 0. The van der Waals surface area contributed by atoms with E-state index in [-0.39, 0.29) is 24.9 Å². The Hall–Kier alpha value is -2.62. The number of carbonyl (C=O) groups excluding carboxylic acids is 2. The number of ether oxygens (including phenoxy) is 1. The van der Waals surface area contributed by atoms with Crippen LogP contribution in [0.15, 0.2) is 54.6 Å². The number of esters is 1. The summed E-state index contributed by atoms with van der Waals surface area (Å²) in [6, 6.07) is 16.8. The lowest BCUT2D eigenvalue weighted by atomic mass is 10.1. The molecule has 3 rings (SSSR count). The van der Waals surface area contributed by atoms with Gasteiger partial charge in [-0.05, 0) is 36.1 Å². The van der Waals surface area contributed by atoms with Crippen molar-refractivity contribution in [1.29, 1.82) is 0 Å². The predicted molar refractivity (Wildman–Crippen MR) is 91.5 cm³/mol. The molecule has 1 fully saturated rings. The van der Waals surface area contributed by atoms with Crippen LogP contribution >= 0.6 is 0 Å². The Morgan fingerprint density at radius 3 is 2.21 bits per heavy atom. The Balaban J connectivity index is 1.50. The van der Waals surface area contributed by atoms with Gasteiger partial charge in [0.1, 0.15) is 6.61 Å². The third-order valence-electron chi connectivity index (χ3n) is 4.19. The van der Waals surface area contributed by atoms with Crippen LogP contribution in [-0.2, 0) is 22.6 Å². The number of hydrogen-bond acceptors (Lipinski definition) is 3. The molecule has 4 nitrogen and oxygen atoms in total. The minimum atomic E-state index is -0.251. The largest absolute Gasteiger partial charge is 0.461 e. The first-order valence-corrected chi connectivity index (χ1v) is 8.30. The lowest BCUT2D eigenvalue weighted by molar-refractivity contribution is -0.144. The zero-order valence-corrected chi connectivity index (χ0v) is 13.6. The minimum absolute atomic E-state index is 0.0834. The number of nitrogens with zero attached hydrogens (tertiary/aromatic N) is 1. The summed E-state index contributed by atoms with van der Waals surface area (Å²) >= 11 is 0. The fourth-order valence-corrected chi connectivity index (χ4v) is 2.82. The Morgan fingerprint density at radius 2 is 1.54 bits per heavy atom. The summed E-state index contributed by atoms with van der Waals surface area (Å²) < 4.78 is 5.30. The molecule has 1 heterocycles. The van der Waals surface area contributed by atoms with Crippen LogP contribution in [0.5, 0.6) is 0 Å². The third-order valence-corrected chi connectivity index (χ3v) is 4.19. The van der Waals surface area contributed by atoms with E-state index in [4.69, 9.17) is 4.74 Å². The summed E-state index contributed by atoms with van der Waals surface area (Å²) in [5.74, 6) is -0.168. The van der Waals surface area contributed by atoms with Gasteiger partial charge in [-0.3, -0.25) is 9.59 Å². The van der Waals surface area contributed by atoms with Crippen LogP contribution in [0, 0.1) is 0 Å². The molecular weight excluding hydrogens is 302 g/mol. The van der Waals surface area contributed by atoms with Gasteiger partial charge in [0.15, 0.2) is 0 Å². The highest BCUT2D eigenvalue weighted by atomic mass is 16.5. The van der Waals surface area contributed by atoms with Crippen molar-refractivity contribution in [2.75, 3.05) is 13.1 Å². The fourth-order valence-electron chi connectivity index (χ4n) is 2.82. The summed E-state index contributed by atoms with van der Waals surface area (Å²) in [6.07, 6.45) is 2.44. The molecule has 1 aliphatic rings. The molecule has 1 aliphatic heterocycles. The second-order valence-corrected chi connectivity index (χ2v) is 6.02. The number of carbonyl (C=O) groups is 2. The Kier molecular flexibility index (Phi) is 5.26. The molecule has 4 heteroatoms. The molecule has 0 aromatic heterocycles. The second-order valence-electron chi connectivity index (χ2n) is 6.02. The Bertz CT molecular complexity index is 689. The van der Waals surface area contributed by atoms with Gasteiger partial charge in [0, 0.05) is 18.7 Å². The molecule has 0 spiro atoms. The number of benzene rings is 2. The highest BCUT2D eigenvalue weighted by Crippen LogP contribution is 2.14. The topological polar surface area (TPSA) is 46.6 Å². The maximum absolute atomic E-state index is 12.3. The molecule has 2 aromatic rings. The van der Waals surface area contributed by atoms with Gasteiger partial charge in [0.05, 0.1) is 6.42 Å². The first kappa shape index (κ1) is 16.2. The zero-order chi connectivity index (χ0) is 16.8. The van der Waals surface area contributed by atoms with Gasteiger partial charge in [-0.25, -0.2) is 0 Å². The molecule has 0 aliphatic carbocycles. The van der Waals surface area contributed by atoms with Crippen molar-refractivity contribution in [3.05, 3.63) is 71.3 Å². The van der Waals surface area contributed by atoms with E-state index in [0.717, 1.165) is 37.1 Å². The van der Waals surface area contributed by atoms with Crippen LogP contribution in [0.1, 0.15) is 34.3 Å². The molecule has 0 bridgehead atoms. The van der Waals surface area contributed by atoms with Crippen LogP contribution in [0.3, 0.4) is 0 Å². The lowest BCUT2D eigenvalue weighted by Gasteiger charge is -2.15. The van der Waals surface area contributed by atoms with Crippen molar-refractivity contribution < 1.29 is 14.3 Å². The van der Waals surface area contributed by atoms with Gasteiger partial charge in [-0.15, -0.1) is 0 Å². The lowest BCUT2D eigenvalue weighted by Crippen LogP contribution is -2.27. The summed E-state index contributed by atoms with van der Waals surface area (Å²) in [6.45, 7) is 1.92. The van der Waals surface area contributed by atoms with Crippen LogP contribution in [0.25, 0.3) is 0 Å². The summed E-state index contributed by atoms with van der Waals surface area (Å²) in [4.78, 5) is 26.0. The maximum atomic E-state index is 12.3. The first-order valence-electron chi connectivity index (χ1n) is 8.30. The van der Waals surface area contributed by atoms with Crippen molar-refractivity contribution in [2.45, 2.75) is 25.9 Å².